The zero-order valence-corrected chi connectivity index (χ0v) is 12.0. The number of hydrogen-bond acceptors (Lipinski definition) is 4. The average molecular weight is 279 g/mol. The Morgan fingerprint density at radius 2 is 2.10 bits per heavy atom. The number of imidazole rings is 1. The number of nitrogens with one attached hydrogen (secondary N) is 1. The standard InChI is InChI=1S/C16H17N5/c1-11-8-15(19-10-18-11)17-9-16-20-13-4-2-3-5-14(13)21(16)12-6-7-12/h2-5,8,10,12H,6-7,9H2,1H3,(H,17,18,19). The molecule has 0 radical (unpaired) electrons. The molecule has 1 saturated carbocycles. The second-order valence-electron chi connectivity index (χ2n) is 5.52. The molecule has 2 heterocycles. The summed E-state index contributed by atoms with van der Waals surface area (Å²) in [5.41, 5.74) is 3.26. The number of nitrogens with zero attached hydrogens (tertiary/aromatic N) is 4. The summed E-state index contributed by atoms with van der Waals surface area (Å²) in [6, 6.07) is 10.9. The molecule has 1 aliphatic rings. The van der Waals surface area contributed by atoms with E-state index in [-0.39, 0.29) is 0 Å². The van der Waals surface area contributed by atoms with E-state index in [0.29, 0.717) is 12.6 Å². The van der Waals surface area contributed by atoms with Crippen molar-refractivity contribution in [1.29, 1.82) is 0 Å². The summed E-state index contributed by atoms with van der Waals surface area (Å²) >= 11 is 0. The Bertz CT molecular complexity index is 788. The molecule has 4 rings (SSSR count). The number of para-hydroxylation sites is 2. The highest BCUT2D eigenvalue weighted by molar-refractivity contribution is 5.76. The number of fused-ring (bicyclic) bond motifs is 1. The lowest BCUT2D eigenvalue weighted by molar-refractivity contribution is 0.710. The normalized spacial score (nSPS) is 14.5. The van der Waals surface area contributed by atoms with Crippen LogP contribution in [0.4, 0.5) is 5.82 Å². The van der Waals surface area contributed by atoms with E-state index < -0.39 is 0 Å². The van der Waals surface area contributed by atoms with Crippen molar-refractivity contribution in [3.8, 4) is 0 Å². The molecule has 2 aromatic heterocycles. The molecule has 1 aromatic carbocycles. The minimum absolute atomic E-state index is 0.612. The van der Waals surface area contributed by atoms with Crippen molar-refractivity contribution in [2.45, 2.75) is 32.4 Å². The van der Waals surface area contributed by atoms with Crippen LogP contribution in [0.3, 0.4) is 0 Å². The van der Waals surface area contributed by atoms with E-state index in [0.717, 1.165) is 22.9 Å². The third-order valence-corrected chi connectivity index (χ3v) is 3.81. The van der Waals surface area contributed by atoms with Crippen LogP contribution >= 0.6 is 0 Å². The molecule has 21 heavy (non-hydrogen) atoms. The van der Waals surface area contributed by atoms with Crippen LogP contribution < -0.4 is 5.32 Å². The molecule has 0 aliphatic heterocycles. The fourth-order valence-corrected chi connectivity index (χ4v) is 2.68. The largest absolute Gasteiger partial charge is 0.363 e. The summed E-state index contributed by atoms with van der Waals surface area (Å²) in [4.78, 5) is 13.1. The molecule has 0 bridgehead atoms. The predicted molar refractivity (Wildman–Crippen MR) is 82.1 cm³/mol. The highest BCUT2D eigenvalue weighted by atomic mass is 15.2. The lowest BCUT2D eigenvalue weighted by Crippen LogP contribution is -2.09. The highest BCUT2D eigenvalue weighted by Crippen LogP contribution is 2.38. The quantitative estimate of drug-likeness (QED) is 0.797. The van der Waals surface area contributed by atoms with Gasteiger partial charge in [0.2, 0.25) is 0 Å². The van der Waals surface area contributed by atoms with Crippen molar-refractivity contribution in [3.63, 3.8) is 0 Å². The first kappa shape index (κ1) is 12.3. The molecule has 3 aromatic rings. The second kappa shape index (κ2) is 4.84. The maximum atomic E-state index is 4.77. The molecule has 1 aliphatic carbocycles. The van der Waals surface area contributed by atoms with E-state index in [1.54, 1.807) is 6.33 Å². The first-order valence-corrected chi connectivity index (χ1v) is 7.29. The number of benzene rings is 1. The van der Waals surface area contributed by atoms with E-state index in [4.69, 9.17) is 4.98 Å². The van der Waals surface area contributed by atoms with Gasteiger partial charge in [-0.1, -0.05) is 12.1 Å². The molecule has 5 nitrogen and oxygen atoms in total. The Hall–Kier alpha value is -2.43. The molecular formula is C16H17N5. The van der Waals surface area contributed by atoms with E-state index >= 15 is 0 Å². The van der Waals surface area contributed by atoms with Gasteiger partial charge in [0.1, 0.15) is 18.0 Å². The minimum atomic E-state index is 0.612. The summed E-state index contributed by atoms with van der Waals surface area (Å²) in [5.74, 6) is 1.92. The first-order chi connectivity index (χ1) is 10.3. The van der Waals surface area contributed by atoms with Gasteiger partial charge in [-0.25, -0.2) is 15.0 Å². The molecular weight excluding hydrogens is 262 g/mol. The van der Waals surface area contributed by atoms with Gasteiger partial charge >= 0.3 is 0 Å². The molecule has 1 N–H and O–H groups in total. The van der Waals surface area contributed by atoms with E-state index in [9.17, 15) is 0 Å². The Kier molecular flexibility index (Phi) is 2.84. The summed E-state index contributed by atoms with van der Waals surface area (Å²) in [5, 5.41) is 3.35. The summed E-state index contributed by atoms with van der Waals surface area (Å²) in [7, 11) is 0. The fraction of sp³-hybridized carbons (Fsp3) is 0.312. The molecule has 0 unspecified atom stereocenters. The third-order valence-electron chi connectivity index (χ3n) is 3.81. The lowest BCUT2D eigenvalue weighted by Gasteiger charge is -2.09. The van der Waals surface area contributed by atoms with Crippen LogP contribution in [0.1, 0.15) is 30.4 Å². The minimum Gasteiger partial charge on any atom is -0.363 e. The zero-order valence-electron chi connectivity index (χ0n) is 12.0. The van der Waals surface area contributed by atoms with Crippen LogP contribution in [-0.4, -0.2) is 19.5 Å². The average Bonchev–Trinajstić information content (AvgIpc) is 3.26. The monoisotopic (exact) mass is 279 g/mol. The van der Waals surface area contributed by atoms with Gasteiger partial charge in [0.25, 0.3) is 0 Å². The molecule has 0 spiro atoms. The molecule has 106 valence electrons. The highest BCUT2D eigenvalue weighted by Gasteiger charge is 2.27. The van der Waals surface area contributed by atoms with Crippen molar-refractivity contribution in [1.82, 2.24) is 19.5 Å². The van der Waals surface area contributed by atoms with Crippen LogP contribution in [0.25, 0.3) is 11.0 Å². The fourth-order valence-electron chi connectivity index (χ4n) is 2.68. The van der Waals surface area contributed by atoms with Crippen LogP contribution in [-0.2, 0) is 6.54 Å². The number of hydrogen-bond donors (Lipinski definition) is 1. The predicted octanol–water partition coefficient (Wildman–Crippen LogP) is 3.08. The maximum absolute atomic E-state index is 4.77. The van der Waals surface area contributed by atoms with Crippen LogP contribution in [0, 0.1) is 6.92 Å². The number of aryl methyl sites for hydroxylation is 1. The van der Waals surface area contributed by atoms with Gasteiger partial charge in [-0.2, -0.15) is 0 Å². The Balaban J connectivity index is 1.65. The first-order valence-electron chi connectivity index (χ1n) is 7.29. The van der Waals surface area contributed by atoms with Gasteiger partial charge in [-0.15, -0.1) is 0 Å². The van der Waals surface area contributed by atoms with Crippen molar-refractivity contribution in [2.24, 2.45) is 0 Å². The van der Waals surface area contributed by atoms with Gasteiger partial charge in [-0.3, -0.25) is 0 Å². The van der Waals surface area contributed by atoms with E-state index in [2.05, 4.69) is 38.1 Å². The van der Waals surface area contributed by atoms with Crippen molar-refractivity contribution in [3.05, 3.63) is 48.2 Å². The molecule has 1 fully saturated rings. The van der Waals surface area contributed by atoms with Gasteiger partial charge in [0.15, 0.2) is 0 Å². The number of rotatable bonds is 4. The summed E-state index contributed by atoms with van der Waals surface area (Å²) < 4.78 is 2.37. The third kappa shape index (κ3) is 2.35. The van der Waals surface area contributed by atoms with Gasteiger partial charge in [-0.05, 0) is 31.9 Å². The molecule has 0 amide bonds. The SMILES string of the molecule is Cc1cc(NCc2nc3ccccc3n2C2CC2)ncn1. The molecule has 0 atom stereocenters. The second-order valence-corrected chi connectivity index (χ2v) is 5.52. The van der Waals surface area contributed by atoms with Gasteiger partial charge in [0, 0.05) is 17.8 Å². The molecule has 0 saturated heterocycles. The van der Waals surface area contributed by atoms with Crippen LogP contribution in [0.15, 0.2) is 36.7 Å². The van der Waals surface area contributed by atoms with Gasteiger partial charge in [0.05, 0.1) is 17.6 Å². The maximum Gasteiger partial charge on any atom is 0.129 e. The van der Waals surface area contributed by atoms with Crippen molar-refractivity contribution in [2.75, 3.05) is 5.32 Å². The lowest BCUT2D eigenvalue weighted by atomic mass is 10.3. The Labute approximate surface area is 123 Å². The smallest absolute Gasteiger partial charge is 0.129 e. The summed E-state index contributed by atoms with van der Waals surface area (Å²) in [6.07, 6.45) is 4.08. The Morgan fingerprint density at radius 1 is 1.24 bits per heavy atom. The van der Waals surface area contributed by atoms with E-state index in [1.165, 1.54) is 18.4 Å². The topological polar surface area (TPSA) is 55.6 Å². The van der Waals surface area contributed by atoms with Crippen LogP contribution in [0.5, 0.6) is 0 Å². The number of aromatic nitrogens is 4. The van der Waals surface area contributed by atoms with Gasteiger partial charge < -0.3 is 9.88 Å². The van der Waals surface area contributed by atoms with Crippen molar-refractivity contribution < 1.29 is 0 Å². The van der Waals surface area contributed by atoms with Crippen molar-refractivity contribution >= 4 is 16.9 Å². The van der Waals surface area contributed by atoms with Crippen LogP contribution in [0.2, 0.25) is 0 Å². The zero-order chi connectivity index (χ0) is 14.2. The summed E-state index contributed by atoms with van der Waals surface area (Å²) in [6.45, 7) is 2.65. The molecule has 5 heteroatoms. The van der Waals surface area contributed by atoms with E-state index in [1.807, 2.05) is 19.1 Å². The number of anilines is 1. The Morgan fingerprint density at radius 3 is 2.90 bits per heavy atom.